The molecule has 0 aliphatic carbocycles. The average molecular weight is 448 g/mol. The molecule has 2 aliphatic heterocycles. The van der Waals surface area contributed by atoms with Gasteiger partial charge in [-0.1, -0.05) is 15.9 Å². The van der Waals surface area contributed by atoms with Gasteiger partial charge in [0.25, 0.3) is 5.91 Å². The maximum absolute atomic E-state index is 12.6. The number of furan rings is 1. The second-order valence-electron chi connectivity index (χ2n) is 6.12. The highest BCUT2D eigenvalue weighted by Gasteiger charge is 2.30. The predicted octanol–water partition coefficient (Wildman–Crippen LogP) is 4.11. The van der Waals surface area contributed by atoms with Crippen LogP contribution in [0.2, 0.25) is 0 Å². The first kappa shape index (κ1) is 18.3. The summed E-state index contributed by atoms with van der Waals surface area (Å²) in [5.41, 5.74) is 0.800. The molecule has 0 bridgehead atoms. The Bertz CT molecular complexity index is 901. The first-order valence-corrected chi connectivity index (χ1v) is 10.2. The van der Waals surface area contributed by atoms with Gasteiger partial charge in [-0.3, -0.25) is 9.69 Å². The summed E-state index contributed by atoms with van der Waals surface area (Å²) in [4.78, 5) is 21.4. The Morgan fingerprint density at radius 2 is 1.89 bits per heavy atom. The third-order valence-electron chi connectivity index (χ3n) is 4.26. The van der Waals surface area contributed by atoms with Crippen molar-refractivity contribution in [3.05, 3.63) is 51.5 Å². The van der Waals surface area contributed by atoms with Gasteiger partial charge in [0.15, 0.2) is 11.1 Å². The van der Waals surface area contributed by atoms with Gasteiger partial charge in [0.1, 0.15) is 5.76 Å². The highest BCUT2D eigenvalue weighted by atomic mass is 79.9. The molecule has 0 N–H and O–H groups in total. The molecule has 8 heteroatoms. The maximum atomic E-state index is 12.6. The van der Waals surface area contributed by atoms with E-state index in [2.05, 4.69) is 25.8 Å². The number of halogens is 1. The zero-order chi connectivity index (χ0) is 18.8. The van der Waals surface area contributed by atoms with Crippen molar-refractivity contribution in [2.45, 2.75) is 0 Å². The van der Waals surface area contributed by atoms with Crippen molar-refractivity contribution in [3.8, 4) is 0 Å². The third kappa shape index (κ3) is 4.12. The SMILES string of the molecule is CN1C(=O)/C(=C/c2ccc(N3CCOCC3)o2)SC1=Nc1ccc(Br)cc1. The molecule has 0 atom stereocenters. The molecule has 140 valence electrons. The number of hydrogen-bond acceptors (Lipinski definition) is 6. The van der Waals surface area contributed by atoms with Crippen molar-refractivity contribution in [2.75, 3.05) is 38.3 Å². The minimum absolute atomic E-state index is 0.0832. The van der Waals surface area contributed by atoms with Crippen molar-refractivity contribution < 1.29 is 13.9 Å². The van der Waals surface area contributed by atoms with Gasteiger partial charge in [0, 0.05) is 36.8 Å². The van der Waals surface area contributed by atoms with Gasteiger partial charge < -0.3 is 14.1 Å². The zero-order valence-electron chi connectivity index (χ0n) is 14.7. The second kappa shape index (κ2) is 7.92. The summed E-state index contributed by atoms with van der Waals surface area (Å²) in [7, 11) is 1.73. The molecule has 1 amide bonds. The number of hydrogen-bond donors (Lipinski definition) is 0. The predicted molar refractivity (Wildman–Crippen MR) is 111 cm³/mol. The standard InChI is InChI=1S/C19H18BrN3O3S/c1-22-18(24)16(27-19(22)21-14-4-2-13(20)3-5-14)12-15-6-7-17(26-15)23-8-10-25-11-9-23/h2-7,12H,8-11H2,1H3/b16-12-,21-19?. The van der Waals surface area contributed by atoms with Crippen LogP contribution in [-0.2, 0) is 9.53 Å². The number of amides is 1. The van der Waals surface area contributed by atoms with Crippen LogP contribution in [0.15, 0.2) is 55.2 Å². The number of carbonyl (C=O) groups excluding carboxylic acids is 1. The lowest BCUT2D eigenvalue weighted by Gasteiger charge is -2.26. The van der Waals surface area contributed by atoms with E-state index >= 15 is 0 Å². The quantitative estimate of drug-likeness (QED) is 0.662. The largest absolute Gasteiger partial charge is 0.441 e. The Balaban J connectivity index is 1.53. The molecule has 0 saturated carbocycles. The van der Waals surface area contributed by atoms with E-state index in [1.807, 2.05) is 36.4 Å². The topological polar surface area (TPSA) is 58.3 Å². The van der Waals surface area contributed by atoms with Crippen LogP contribution in [0.4, 0.5) is 11.6 Å². The van der Waals surface area contributed by atoms with Crippen molar-refractivity contribution in [1.29, 1.82) is 0 Å². The molecule has 27 heavy (non-hydrogen) atoms. The number of thioether (sulfide) groups is 1. The molecule has 2 fully saturated rings. The molecule has 3 heterocycles. The van der Waals surface area contributed by atoms with E-state index in [0.717, 1.165) is 29.1 Å². The number of amidine groups is 1. The van der Waals surface area contributed by atoms with E-state index in [0.29, 0.717) is 29.0 Å². The molecular formula is C19H18BrN3O3S. The lowest BCUT2D eigenvalue weighted by molar-refractivity contribution is -0.121. The number of nitrogens with zero attached hydrogens (tertiary/aromatic N) is 3. The summed E-state index contributed by atoms with van der Waals surface area (Å²) in [6.07, 6.45) is 1.78. The summed E-state index contributed by atoms with van der Waals surface area (Å²) in [5.74, 6) is 1.38. The van der Waals surface area contributed by atoms with Gasteiger partial charge >= 0.3 is 0 Å². The van der Waals surface area contributed by atoms with Crippen LogP contribution in [0, 0.1) is 0 Å². The maximum Gasteiger partial charge on any atom is 0.266 e. The van der Waals surface area contributed by atoms with Crippen molar-refractivity contribution in [1.82, 2.24) is 4.90 Å². The van der Waals surface area contributed by atoms with Crippen LogP contribution in [0.1, 0.15) is 5.76 Å². The molecule has 6 nitrogen and oxygen atoms in total. The van der Waals surface area contributed by atoms with Gasteiger partial charge in [-0.2, -0.15) is 0 Å². The molecule has 2 aliphatic rings. The minimum Gasteiger partial charge on any atom is -0.441 e. The average Bonchev–Trinajstić information content (AvgIpc) is 3.26. The van der Waals surface area contributed by atoms with E-state index < -0.39 is 0 Å². The van der Waals surface area contributed by atoms with Gasteiger partial charge in [-0.15, -0.1) is 0 Å². The zero-order valence-corrected chi connectivity index (χ0v) is 17.1. The summed E-state index contributed by atoms with van der Waals surface area (Å²) >= 11 is 4.76. The highest BCUT2D eigenvalue weighted by Crippen LogP contribution is 2.34. The summed E-state index contributed by atoms with van der Waals surface area (Å²) in [6.45, 7) is 3.02. The first-order valence-electron chi connectivity index (χ1n) is 8.54. The summed E-state index contributed by atoms with van der Waals surface area (Å²) in [5, 5.41) is 0.647. The molecule has 1 aromatic carbocycles. The monoisotopic (exact) mass is 447 g/mol. The van der Waals surface area contributed by atoms with Crippen molar-refractivity contribution >= 4 is 56.4 Å². The fourth-order valence-electron chi connectivity index (χ4n) is 2.78. The van der Waals surface area contributed by atoms with E-state index in [1.165, 1.54) is 11.8 Å². The third-order valence-corrected chi connectivity index (χ3v) is 5.85. The molecule has 0 spiro atoms. The number of rotatable bonds is 3. The van der Waals surface area contributed by atoms with Gasteiger partial charge in [0.2, 0.25) is 0 Å². The molecule has 0 unspecified atom stereocenters. The Morgan fingerprint density at radius 1 is 1.15 bits per heavy atom. The highest BCUT2D eigenvalue weighted by molar-refractivity contribution is 9.10. The van der Waals surface area contributed by atoms with Gasteiger partial charge in [-0.25, -0.2) is 4.99 Å². The Hall–Kier alpha value is -2.03. The molecule has 2 saturated heterocycles. The Morgan fingerprint density at radius 3 is 2.63 bits per heavy atom. The molecular weight excluding hydrogens is 430 g/mol. The lowest BCUT2D eigenvalue weighted by Crippen LogP contribution is -2.35. The van der Waals surface area contributed by atoms with E-state index in [4.69, 9.17) is 9.15 Å². The summed E-state index contributed by atoms with van der Waals surface area (Å²) in [6, 6.07) is 11.5. The lowest BCUT2D eigenvalue weighted by atomic mass is 10.3. The fraction of sp³-hybridized carbons (Fsp3) is 0.263. The number of likely N-dealkylation sites (N-methyl/N-ethyl adjacent to an activating group) is 1. The van der Waals surface area contributed by atoms with Crippen molar-refractivity contribution in [2.24, 2.45) is 4.99 Å². The Kier molecular flexibility index (Phi) is 5.38. The number of carbonyl (C=O) groups is 1. The molecule has 2 aromatic rings. The number of aliphatic imine (C=N–C) groups is 1. The minimum atomic E-state index is -0.0832. The van der Waals surface area contributed by atoms with Crippen LogP contribution in [-0.4, -0.2) is 49.3 Å². The van der Waals surface area contributed by atoms with E-state index in [-0.39, 0.29) is 5.91 Å². The van der Waals surface area contributed by atoms with Gasteiger partial charge in [-0.05, 0) is 42.1 Å². The smallest absolute Gasteiger partial charge is 0.266 e. The van der Waals surface area contributed by atoms with Crippen LogP contribution < -0.4 is 4.90 Å². The fourth-order valence-corrected chi connectivity index (χ4v) is 4.01. The number of anilines is 1. The number of ether oxygens (including phenoxy) is 1. The van der Waals surface area contributed by atoms with E-state index in [1.54, 1.807) is 18.0 Å². The van der Waals surface area contributed by atoms with E-state index in [9.17, 15) is 4.79 Å². The molecule has 4 rings (SSSR count). The summed E-state index contributed by atoms with van der Waals surface area (Å²) < 4.78 is 12.3. The molecule has 0 radical (unpaired) electrons. The number of benzene rings is 1. The second-order valence-corrected chi connectivity index (χ2v) is 8.05. The van der Waals surface area contributed by atoms with Crippen LogP contribution in [0.3, 0.4) is 0 Å². The van der Waals surface area contributed by atoms with Crippen LogP contribution in [0.5, 0.6) is 0 Å². The van der Waals surface area contributed by atoms with Crippen molar-refractivity contribution in [3.63, 3.8) is 0 Å². The normalized spacial score (nSPS) is 20.9. The van der Waals surface area contributed by atoms with Crippen LogP contribution >= 0.6 is 27.7 Å². The Labute approximate surface area is 170 Å². The number of morpholine rings is 1. The van der Waals surface area contributed by atoms with Crippen LogP contribution in [0.25, 0.3) is 6.08 Å². The van der Waals surface area contributed by atoms with Gasteiger partial charge in [0.05, 0.1) is 23.8 Å². The first-order chi connectivity index (χ1) is 13.1. The molecule has 1 aromatic heterocycles.